The smallest absolute Gasteiger partial charge is 0.272 e. The van der Waals surface area contributed by atoms with E-state index in [9.17, 15) is 9.90 Å². The quantitative estimate of drug-likeness (QED) is 0.455. The van der Waals surface area contributed by atoms with Crippen molar-refractivity contribution in [2.24, 2.45) is 0 Å². The lowest BCUT2D eigenvalue weighted by Crippen LogP contribution is -2.36. The van der Waals surface area contributed by atoms with Gasteiger partial charge in [-0.05, 0) is 0 Å². The van der Waals surface area contributed by atoms with Crippen molar-refractivity contribution in [3.63, 3.8) is 0 Å². The Labute approximate surface area is 73.9 Å². The molecule has 2 heterocycles. The minimum atomic E-state index is -0.305. The molecule has 0 bridgehead atoms. The molecule has 72 valence electrons. The predicted molar refractivity (Wildman–Crippen MR) is 44.6 cm³/mol. The summed E-state index contributed by atoms with van der Waals surface area (Å²) in [5.41, 5.74) is 0.0141. The van der Waals surface area contributed by atoms with Crippen LogP contribution in [0.1, 0.15) is 11.6 Å². The minimum absolute atomic E-state index is 0.118. The third-order valence-electron chi connectivity index (χ3n) is 2.06. The molecule has 0 spiro atoms. The average Bonchev–Trinajstić information content (AvgIpc) is 2.48. The first-order chi connectivity index (χ1) is 6.29. The van der Waals surface area contributed by atoms with Crippen molar-refractivity contribution in [2.75, 3.05) is 19.8 Å². The van der Waals surface area contributed by atoms with E-state index in [0.29, 0.717) is 25.3 Å². The van der Waals surface area contributed by atoms with Gasteiger partial charge in [-0.2, -0.15) is 0 Å². The highest BCUT2D eigenvalue weighted by Gasteiger charge is 2.22. The minimum Gasteiger partial charge on any atom is -0.493 e. The molecule has 1 aromatic heterocycles. The summed E-state index contributed by atoms with van der Waals surface area (Å²) in [6.45, 7) is 1.74. The molecule has 2 rings (SSSR count). The number of nitrogens with one attached hydrogen (secondary N) is 3. The second-order valence-electron chi connectivity index (χ2n) is 2.92. The van der Waals surface area contributed by atoms with E-state index in [1.165, 1.54) is 0 Å². The zero-order valence-corrected chi connectivity index (χ0v) is 6.96. The average molecular weight is 185 g/mol. The van der Waals surface area contributed by atoms with Crippen molar-refractivity contribution >= 4 is 0 Å². The van der Waals surface area contributed by atoms with Crippen molar-refractivity contribution in [3.8, 4) is 5.88 Å². The van der Waals surface area contributed by atoms with E-state index in [4.69, 9.17) is 4.74 Å². The lowest BCUT2D eigenvalue weighted by Gasteiger charge is -2.22. The van der Waals surface area contributed by atoms with Crippen LogP contribution in [0.5, 0.6) is 5.88 Å². The number of rotatable bonds is 1. The molecule has 1 saturated heterocycles. The molecule has 1 aromatic rings. The molecular formula is C7H11N3O3. The number of aromatic hydroxyl groups is 1. The van der Waals surface area contributed by atoms with Gasteiger partial charge in [0, 0.05) is 6.54 Å². The van der Waals surface area contributed by atoms with Crippen LogP contribution in [-0.2, 0) is 4.74 Å². The molecule has 0 saturated carbocycles. The molecule has 0 aromatic carbocycles. The van der Waals surface area contributed by atoms with Gasteiger partial charge >= 0.3 is 0 Å². The molecule has 1 fully saturated rings. The Morgan fingerprint density at radius 3 is 2.85 bits per heavy atom. The van der Waals surface area contributed by atoms with Gasteiger partial charge in [0.1, 0.15) is 0 Å². The molecule has 6 nitrogen and oxygen atoms in total. The van der Waals surface area contributed by atoms with Gasteiger partial charge in [0.15, 0.2) is 0 Å². The number of ether oxygens (including phenoxy) is 1. The van der Waals surface area contributed by atoms with Gasteiger partial charge in [0.25, 0.3) is 5.56 Å². The monoisotopic (exact) mass is 185 g/mol. The highest BCUT2D eigenvalue weighted by molar-refractivity contribution is 5.25. The third kappa shape index (κ3) is 1.45. The van der Waals surface area contributed by atoms with Crippen LogP contribution < -0.4 is 10.9 Å². The fourth-order valence-electron chi connectivity index (χ4n) is 1.43. The Morgan fingerprint density at radius 1 is 1.46 bits per heavy atom. The Bertz CT molecular complexity index is 337. The molecule has 0 amide bonds. The molecule has 0 aliphatic carbocycles. The highest BCUT2D eigenvalue weighted by atomic mass is 16.5. The van der Waals surface area contributed by atoms with Crippen molar-refractivity contribution in [3.05, 3.63) is 15.9 Å². The summed E-state index contributed by atoms with van der Waals surface area (Å²) in [4.78, 5) is 11.2. The summed E-state index contributed by atoms with van der Waals surface area (Å²) in [5, 5.41) is 17.0. The van der Waals surface area contributed by atoms with E-state index < -0.39 is 0 Å². The van der Waals surface area contributed by atoms with Gasteiger partial charge in [0.2, 0.25) is 5.88 Å². The van der Waals surface area contributed by atoms with Gasteiger partial charge < -0.3 is 15.2 Å². The summed E-state index contributed by atoms with van der Waals surface area (Å²) in [7, 11) is 0. The van der Waals surface area contributed by atoms with Gasteiger partial charge in [-0.3, -0.25) is 15.0 Å². The number of H-pyrrole nitrogens is 2. The molecule has 1 aliphatic rings. The maximum absolute atomic E-state index is 11.2. The standard InChI is InChI=1S/C7H11N3O3/c11-6-5(7(12)10-9-6)4-3-13-2-1-8-4/h4,8H,1-3H2,(H3,9,10,11,12). The predicted octanol–water partition coefficient (Wildman–Crippen LogP) is -0.931. The van der Waals surface area contributed by atoms with Crippen LogP contribution >= 0.6 is 0 Å². The second-order valence-corrected chi connectivity index (χ2v) is 2.92. The van der Waals surface area contributed by atoms with Crippen LogP contribution in [0.2, 0.25) is 0 Å². The Morgan fingerprint density at radius 2 is 2.31 bits per heavy atom. The first-order valence-corrected chi connectivity index (χ1v) is 4.09. The molecule has 6 heteroatoms. The van der Waals surface area contributed by atoms with Crippen molar-refractivity contribution in [1.29, 1.82) is 0 Å². The SMILES string of the molecule is O=c1[nH][nH]c(O)c1C1COCCN1. The molecular weight excluding hydrogens is 174 g/mol. The Balaban J connectivity index is 2.27. The fourth-order valence-corrected chi connectivity index (χ4v) is 1.43. The first kappa shape index (κ1) is 8.33. The van der Waals surface area contributed by atoms with E-state index in [2.05, 4.69) is 15.5 Å². The van der Waals surface area contributed by atoms with Crippen molar-refractivity contribution in [1.82, 2.24) is 15.5 Å². The molecule has 1 aliphatic heterocycles. The fraction of sp³-hybridized carbons (Fsp3) is 0.571. The topological polar surface area (TPSA) is 90.1 Å². The lowest BCUT2D eigenvalue weighted by molar-refractivity contribution is 0.0758. The summed E-state index contributed by atoms with van der Waals surface area (Å²) >= 11 is 0. The number of aromatic nitrogens is 2. The highest BCUT2D eigenvalue weighted by Crippen LogP contribution is 2.18. The molecule has 1 atom stereocenters. The third-order valence-corrected chi connectivity index (χ3v) is 2.06. The summed E-state index contributed by atoms with van der Waals surface area (Å²) < 4.78 is 5.18. The van der Waals surface area contributed by atoms with Gasteiger partial charge in [0.05, 0.1) is 24.8 Å². The maximum Gasteiger partial charge on any atom is 0.272 e. The van der Waals surface area contributed by atoms with E-state index in [-0.39, 0.29) is 17.5 Å². The van der Waals surface area contributed by atoms with Crippen LogP contribution in [0.3, 0.4) is 0 Å². The molecule has 1 unspecified atom stereocenters. The molecule has 13 heavy (non-hydrogen) atoms. The second kappa shape index (κ2) is 3.23. The Kier molecular flexibility index (Phi) is 2.07. The van der Waals surface area contributed by atoms with Gasteiger partial charge in [-0.15, -0.1) is 0 Å². The summed E-state index contributed by atoms with van der Waals surface area (Å²) in [6, 6.07) is -0.219. The van der Waals surface area contributed by atoms with Crippen LogP contribution in [-0.4, -0.2) is 35.1 Å². The number of hydrogen-bond donors (Lipinski definition) is 4. The molecule has 0 radical (unpaired) electrons. The van der Waals surface area contributed by atoms with Crippen molar-refractivity contribution < 1.29 is 9.84 Å². The van der Waals surface area contributed by atoms with E-state index >= 15 is 0 Å². The zero-order valence-electron chi connectivity index (χ0n) is 6.96. The van der Waals surface area contributed by atoms with Crippen LogP contribution in [0.25, 0.3) is 0 Å². The summed E-state index contributed by atoms with van der Waals surface area (Å²) in [5.74, 6) is -0.118. The largest absolute Gasteiger partial charge is 0.493 e. The van der Waals surface area contributed by atoms with E-state index in [0.717, 1.165) is 0 Å². The number of aromatic amines is 2. The van der Waals surface area contributed by atoms with Crippen LogP contribution in [0.15, 0.2) is 4.79 Å². The van der Waals surface area contributed by atoms with E-state index in [1.54, 1.807) is 0 Å². The molecule has 4 N–H and O–H groups in total. The van der Waals surface area contributed by atoms with Crippen LogP contribution in [0, 0.1) is 0 Å². The number of hydrogen-bond acceptors (Lipinski definition) is 4. The zero-order chi connectivity index (χ0) is 9.26. The van der Waals surface area contributed by atoms with Crippen molar-refractivity contribution in [2.45, 2.75) is 6.04 Å². The normalized spacial score (nSPS) is 23.2. The van der Waals surface area contributed by atoms with Crippen LogP contribution in [0.4, 0.5) is 0 Å². The lowest BCUT2D eigenvalue weighted by atomic mass is 10.1. The number of morpholine rings is 1. The summed E-state index contributed by atoms with van der Waals surface area (Å²) in [6.07, 6.45) is 0. The first-order valence-electron chi connectivity index (χ1n) is 4.09. The van der Waals surface area contributed by atoms with Gasteiger partial charge in [-0.25, -0.2) is 0 Å². The Hall–Kier alpha value is -1.27. The van der Waals surface area contributed by atoms with Gasteiger partial charge in [-0.1, -0.05) is 0 Å². The van der Waals surface area contributed by atoms with E-state index in [1.807, 2.05) is 0 Å². The maximum atomic E-state index is 11.2.